The average molecular weight is 1130 g/mol. The number of esters is 3. The SMILES string of the molecule is CC/C=C\C/C=C\C/C=C\C/C=C\C/C=C\C/C=C\CCC(=O)OC(COC(=O)CCCCCCCCC/C=C\C/C=C\C/C=C\CC)COP(=O)(O)OCC(CO)OC(=O)CCCCCCCCC/C=C\C/C=C\C/C=C\CC. The van der Waals surface area contributed by atoms with Crippen LogP contribution in [0.3, 0.4) is 0 Å². The number of hydrogen-bond acceptors (Lipinski definition) is 10. The lowest BCUT2D eigenvalue weighted by molar-refractivity contribution is -0.161. The van der Waals surface area contributed by atoms with Crippen LogP contribution in [0.2, 0.25) is 0 Å². The van der Waals surface area contributed by atoms with Crippen molar-refractivity contribution in [3.8, 4) is 0 Å². The molecule has 11 nitrogen and oxygen atoms in total. The fourth-order valence-electron chi connectivity index (χ4n) is 7.70. The van der Waals surface area contributed by atoms with Gasteiger partial charge in [0, 0.05) is 19.3 Å². The number of rotatable bonds is 55. The minimum absolute atomic E-state index is 0.0316. The summed E-state index contributed by atoms with van der Waals surface area (Å²) in [5, 5.41) is 9.84. The molecule has 3 unspecified atom stereocenters. The van der Waals surface area contributed by atoms with E-state index >= 15 is 0 Å². The molecule has 0 heterocycles. The van der Waals surface area contributed by atoms with Crippen LogP contribution in [-0.2, 0) is 42.2 Å². The molecule has 0 saturated heterocycles. The summed E-state index contributed by atoms with van der Waals surface area (Å²) in [5.41, 5.74) is 0. The summed E-state index contributed by atoms with van der Waals surface area (Å²) in [5.74, 6) is -1.60. The lowest BCUT2D eigenvalue weighted by atomic mass is 10.1. The van der Waals surface area contributed by atoms with Crippen LogP contribution in [0.25, 0.3) is 0 Å². The highest BCUT2D eigenvalue weighted by atomic mass is 31.2. The van der Waals surface area contributed by atoms with Gasteiger partial charge in [0.2, 0.25) is 0 Å². The van der Waals surface area contributed by atoms with Crippen LogP contribution in [0.5, 0.6) is 0 Å². The van der Waals surface area contributed by atoms with Gasteiger partial charge in [0.25, 0.3) is 0 Å². The third-order valence-electron chi connectivity index (χ3n) is 12.3. The molecule has 0 aromatic rings. The number of carbonyl (C=O) groups is 3. The zero-order valence-electron chi connectivity index (χ0n) is 50.0. The van der Waals surface area contributed by atoms with Crippen molar-refractivity contribution in [3.05, 3.63) is 146 Å². The normalized spacial score (nSPS) is 14.3. The van der Waals surface area contributed by atoms with Gasteiger partial charge in [-0.2, -0.15) is 0 Å². The summed E-state index contributed by atoms with van der Waals surface area (Å²) in [6.07, 6.45) is 78.1. The summed E-state index contributed by atoms with van der Waals surface area (Å²) >= 11 is 0. The molecule has 0 amide bonds. The Morgan fingerprint density at radius 1 is 0.350 bits per heavy atom. The number of allylic oxidation sites excluding steroid dienone is 24. The Labute approximate surface area is 486 Å². The van der Waals surface area contributed by atoms with Gasteiger partial charge in [0.05, 0.1) is 19.8 Å². The lowest BCUT2D eigenvalue weighted by Crippen LogP contribution is -2.30. The summed E-state index contributed by atoms with van der Waals surface area (Å²) in [6.45, 7) is 4.20. The van der Waals surface area contributed by atoms with Crippen molar-refractivity contribution in [1.82, 2.24) is 0 Å². The van der Waals surface area contributed by atoms with Crippen LogP contribution in [-0.4, -0.2) is 66.5 Å². The second-order valence-electron chi connectivity index (χ2n) is 19.7. The average Bonchev–Trinajstić information content (AvgIpc) is 3.45. The molecule has 0 spiro atoms. The van der Waals surface area contributed by atoms with Gasteiger partial charge in [0.1, 0.15) is 12.7 Å². The third kappa shape index (κ3) is 58.0. The number of aliphatic hydroxyl groups excluding tert-OH is 1. The van der Waals surface area contributed by atoms with E-state index in [1.165, 1.54) is 12.8 Å². The van der Waals surface area contributed by atoms with E-state index in [1.807, 2.05) is 12.2 Å². The number of ether oxygens (including phenoxy) is 3. The highest BCUT2D eigenvalue weighted by Gasteiger charge is 2.28. The fourth-order valence-corrected chi connectivity index (χ4v) is 8.49. The van der Waals surface area contributed by atoms with Crippen molar-refractivity contribution in [2.24, 2.45) is 0 Å². The number of phosphoric acid groups is 1. The number of unbranched alkanes of at least 4 members (excludes halogenated alkanes) is 14. The van der Waals surface area contributed by atoms with Crippen molar-refractivity contribution in [3.63, 3.8) is 0 Å². The lowest BCUT2D eigenvalue weighted by Gasteiger charge is -2.21. The van der Waals surface area contributed by atoms with Crippen LogP contribution in [0.1, 0.15) is 226 Å². The van der Waals surface area contributed by atoms with Gasteiger partial charge in [-0.15, -0.1) is 0 Å². The van der Waals surface area contributed by atoms with Gasteiger partial charge >= 0.3 is 25.7 Å². The van der Waals surface area contributed by atoms with Gasteiger partial charge in [-0.1, -0.05) is 231 Å². The molecule has 0 radical (unpaired) electrons. The molecule has 3 atom stereocenters. The topological polar surface area (TPSA) is 155 Å². The van der Waals surface area contributed by atoms with E-state index in [0.29, 0.717) is 25.7 Å². The van der Waals surface area contributed by atoms with E-state index in [2.05, 4.69) is 154 Å². The van der Waals surface area contributed by atoms with Crippen molar-refractivity contribution < 1.29 is 52.2 Å². The molecule has 0 saturated carbocycles. The van der Waals surface area contributed by atoms with E-state index in [0.717, 1.165) is 148 Å². The van der Waals surface area contributed by atoms with E-state index in [9.17, 15) is 28.9 Å². The molecule has 0 aromatic heterocycles. The first-order valence-electron chi connectivity index (χ1n) is 30.7. The highest BCUT2D eigenvalue weighted by molar-refractivity contribution is 7.47. The van der Waals surface area contributed by atoms with Crippen LogP contribution < -0.4 is 0 Å². The first kappa shape index (κ1) is 75.4. The van der Waals surface area contributed by atoms with E-state index in [1.54, 1.807) is 0 Å². The molecule has 0 fully saturated rings. The zero-order chi connectivity index (χ0) is 58.3. The maximum absolute atomic E-state index is 12.9. The van der Waals surface area contributed by atoms with Crippen molar-refractivity contribution in [2.45, 2.75) is 238 Å². The first-order valence-corrected chi connectivity index (χ1v) is 32.2. The standard InChI is InChI=1S/C68H109O11P/c1-4-7-10-13-16-19-22-25-28-31-32-35-38-41-44-47-50-53-56-59-68(72)79-65(61-75-66(70)57-54-51-48-45-42-39-36-33-29-26-23-20-17-14-11-8-5-2)63-77-80(73,74)76-62-64(60-69)78-67(71)58-55-52-49-46-43-40-37-34-30-27-24-21-18-15-12-9-6-3/h7-12,16-21,25-30,32,35,41,44,50,53,64-65,69H,4-6,13-15,22-24,31,33-34,36-40,42-43,45-49,51-52,54-63H2,1-3H3,(H,73,74)/b10-7-,11-8-,12-9-,19-16-,20-17-,21-18-,28-25-,29-26-,30-27-,35-32-,44-41-,53-50-. The molecule has 80 heavy (non-hydrogen) atoms. The molecule has 0 aliphatic heterocycles. The fraction of sp³-hybridized carbons (Fsp3) is 0.603. The number of carbonyl (C=O) groups excluding carboxylic acids is 3. The second-order valence-corrected chi connectivity index (χ2v) is 21.2. The molecular formula is C68H109O11P. The predicted molar refractivity (Wildman–Crippen MR) is 334 cm³/mol. The molecule has 0 aliphatic carbocycles. The maximum Gasteiger partial charge on any atom is 0.472 e. The monoisotopic (exact) mass is 1130 g/mol. The Morgan fingerprint density at radius 3 is 1.01 bits per heavy atom. The molecule has 12 heteroatoms. The van der Waals surface area contributed by atoms with Gasteiger partial charge < -0.3 is 24.2 Å². The van der Waals surface area contributed by atoms with Gasteiger partial charge in [-0.3, -0.25) is 23.4 Å². The van der Waals surface area contributed by atoms with Crippen LogP contribution in [0, 0.1) is 0 Å². The minimum Gasteiger partial charge on any atom is -0.462 e. The van der Waals surface area contributed by atoms with Crippen LogP contribution in [0.15, 0.2) is 146 Å². The van der Waals surface area contributed by atoms with Crippen molar-refractivity contribution >= 4 is 25.7 Å². The van der Waals surface area contributed by atoms with Crippen molar-refractivity contribution in [1.29, 1.82) is 0 Å². The molecule has 0 aliphatic rings. The van der Waals surface area contributed by atoms with Gasteiger partial charge in [-0.05, 0) is 122 Å². The molecule has 0 rings (SSSR count). The Balaban J connectivity index is 4.85. The Hall–Kier alpha value is -4.64. The quantitative estimate of drug-likeness (QED) is 0.0197. The smallest absolute Gasteiger partial charge is 0.462 e. The summed E-state index contributed by atoms with van der Waals surface area (Å²) in [7, 11) is -4.79. The Morgan fingerprint density at radius 2 is 0.637 bits per heavy atom. The van der Waals surface area contributed by atoms with E-state index < -0.39 is 57.8 Å². The molecular weight excluding hydrogens is 1020 g/mol. The highest BCUT2D eigenvalue weighted by Crippen LogP contribution is 2.43. The largest absolute Gasteiger partial charge is 0.472 e. The Kier molecular flexibility index (Phi) is 56.9. The van der Waals surface area contributed by atoms with Gasteiger partial charge in [0.15, 0.2) is 6.10 Å². The maximum atomic E-state index is 12.9. The number of hydrogen-bond donors (Lipinski definition) is 2. The molecule has 452 valence electrons. The second kappa shape index (κ2) is 60.5. The van der Waals surface area contributed by atoms with Crippen molar-refractivity contribution in [2.75, 3.05) is 26.4 Å². The summed E-state index contributed by atoms with van der Waals surface area (Å²) in [4.78, 5) is 48.7. The molecule has 0 bridgehead atoms. The number of phosphoric ester groups is 1. The van der Waals surface area contributed by atoms with Gasteiger partial charge in [-0.25, -0.2) is 4.57 Å². The summed E-state index contributed by atoms with van der Waals surface area (Å²) in [6, 6.07) is 0. The van der Waals surface area contributed by atoms with Crippen LogP contribution in [0.4, 0.5) is 0 Å². The van der Waals surface area contributed by atoms with E-state index in [-0.39, 0.29) is 25.9 Å². The molecule has 0 aromatic carbocycles. The van der Waals surface area contributed by atoms with Crippen LogP contribution >= 0.6 is 7.82 Å². The predicted octanol–water partition coefficient (Wildman–Crippen LogP) is 18.7. The first-order chi connectivity index (χ1) is 39.2. The third-order valence-corrected chi connectivity index (χ3v) is 13.2. The Bertz CT molecular complexity index is 1900. The zero-order valence-corrected chi connectivity index (χ0v) is 50.9. The summed E-state index contributed by atoms with van der Waals surface area (Å²) < 4.78 is 39.5. The number of aliphatic hydroxyl groups is 1. The minimum atomic E-state index is -4.79. The molecule has 2 N–H and O–H groups in total. The van der Waals surface area contributed by atoms with E-state index in [4.69, 9.17) is 23.3 Å².